The Kier molecular flexibility index (Phi) is 5.86. The summed E-state index contributed by atoms with van der Waals surface area (Å²) >= 11 is 5.87. The highest BCUT2D eigenvalue weighted by molar-refractivity contribution is 6.30. The molecule has 90 valence electrons. The highest BCUT2D eigenvalue weighted by Gasteiger charge is 2.07. The second-order valence-electron chi connectivity index (χ2n) is 4.55. The van der Waals surface area contributed by atoms with Crippen molar-refractivity contribution in [1.82, 2.24) is 5.32 Å². The summed E-state index contributed by atoms with van der Waals surface area (Å²) in [6.45, 7) is 7.75. The molecule has 1 N–H and O–H groups in total. The zero-order valence-corrected chi connectivity index (χ0v) is 11.2. The molecule has 0 aliphatic carbocycles. The predicted molar refractivity (Wildman–Crippen MR) is 72.2 cm³/mol. The molecule has 0 heterocycles. The molecule has 0 amide bonds. The van der Waals surface area contributed by atoms with E-state index in [1.807, 2.05) is 12.1 Å². The molecule has 2 heteroatoms. The summed E-state index contributed by atoms with van der Waals surface area (Å²) in [4.78, 5) is 0. The molecule has 0 aliphatic heterocycles. The fourth-order valence-electron chi connectivity index (χ4n) is 1.82. The largest absolute Gasteiger partial charge is 0.314 e. The number of benzene rings is 1. The first-order valence-electron chi connectivity index (χ1n) is 6.12. The molecule has 1 rings (SSSR count). The summed E-state index contributed by atoms with van der Waals surface area (Å²) < 4.78 is 0. The zero-order valence-electron chi connectivity index (χ0n) is 10.5. The average Bonchev–Trinajstić information content (AvgIpc) is 2.27. The van der Waals surface area contributed by atoms with Crippen LogP contribution in [-0.2, 0) is 0 Å². The van der Waals surface area contributed by atoms with Crippen molar-refractivity contribution in [2.75, 3.05) is 6.54 Å². The van der Waals surface area contributed by atoms with E-state index in [1.54, 1.807) is 0 Å². The van der Waals surface area contributed by atoms with Gasteiger partial charge in [0.1, 0.15) is 0 Å². The van der Waals surface area contributed by atoms with Gasteiger partial charge in [-0.15, -0.1) is 0 Å². The third-order valence-electron chi connectivity index (χ3n) is 2.93. The average molecular weight is 240 g/mol. The molecular weight excluding hydrogens is 218 g/mol. The standard InChI is InChI=1S/C14H22ClN/c1-4-5-12(3)16-10-11(2)13-6-8-14(15)9-7-13/h6-9,11-12,16H,4-5,10H2,1-3H3. The van der Waals surface area contributed by atoms with Gasteiger partial charge in [0, 0.05) is 17.6 Å². The van der Waals surface area contributed by atoms with E-state index in [9.17, 15) is 0 Å². The number of nitrogens with one attached hydrogen (secondary N) is 1. The van der Waals surface area contributed by atoms with Crippen LogP contribution in [0.2, 0.25) is 5.02 Å². The normalized spacial score (nSPS) is 14.8. The minimum Gasteiger partial charge on any atom is -0.314 e. The Hall–Kier alpha value is -0.530. The second-order valence-corrected chi connectivity index (χ2v) is 4.99. The summed E-state index contributed by atoms with van der Waals surface area (Å²) in [5, 5.41) is 4.37. The molecule has 2 unspecified atom stereocenters. The van der Waals surface area contributed by atoms with Crippen molar-refractivity contribution in [2.45, 2.75) is 45.6 Å². The lowest BCUT2D eigenvalue weighted by Gasteiger charge is -2.17. The second kappa shape index (κ2) is 6.93. The van der Waals surface area contributed by atoms with E-state index in [0.717, 1.165) is 11.6 Å². The molecule has 0 saturated heterocycles. The topological polar surface area (TPSA) is 12.0 Å². The van der Waals surface area contributed by atoms with Crippen LogP contribution in [0.15, 0.2) is 24.3 Å². The molecule has 0 aromatic heterocycles. The van der Waals surface area contributed by atoms with Crippen molar-refractivity contribution < 1.29 is 0 Å². The third kappa shape index (κ3) is 4.54. The van der Waals surface area contributed by atoms with Gasteiger partial charge in [-0.1, -0.05) is 44.0 Å². The number of hydrogen-bond donors (Lipinski definition) is 1. The summed E-state index contributed by atoms with van der Waals surface area (Å²) in [7, 11) is 0. The lowest BCUT2D eigenvalue weighted by molar-refractivity contribution is 0.488. The fourth-order valence-corrected chi connectivity index (χ4v) is 1.95. The van der Waals surface area contributed by atoms with Crippen LogP contribution in [0.3, 0.4) is 0 Å². The van der Waals surface area contributed by atoms with Crippen molar-refractivity contribution in [3.63, 3.8) is 0 Å². The van der Waals surface area contributed by atoms with Crippen LogP contribution in [0.5, 0.6) is 0 Å². The van der Waals surface area contributed by atoms with Crippen LogP contribution < -0.4 is 5.32 Å². The first-order valence-corrected chi connectivity index (χ1v) is 6.50. The van der Waals surface area contributed by atoms with Crippen molar-refractivity contribution in [2.24, 2.45) is 0 Å². The Morgan fingerprint density at radius 1 is 1.19 bits per heavy atom. The maximum absolute atomic E-state index is 5.87. The third-order valence-corrected chi connectivity index (χ3v) is 3.19. The Balaban J connectivity index is 2.40. The number of halogens is 1. The van der Waals surface area contributed by atoms with Crippen LogP contribution >= 0.6 is 11.6 Å². The predicted octanol–water partition coefficient (Wildman–Crippen LogP) is 4.22. The van der Waals surface area contributed by atoms with E-state index in [-0.39, 0.29) is 0 Å². The van der Waals surface area contributed by atoms with Gasteiger partial charge >= 0.3 is 0 Å². The molecule has 0 fully saturated rings. The van der Waals surface area contributed by atoms with Crippen LogP contribution in [-0.4, -0.2) is 12.6 Å². The molecule has 1 aromatic carbocycles. The van der Waals surface area contributed by atoms with Gasteiger partial charge in [-0.05, 0) is 37.0 Å². The van der Waals surface area contributed by atoms with Crippen molar-refractivity contribution in [3.8, 4) is 0 Å². The Morgan fingerprint density at radius 3 is 2.38 bits per heavy atom. The van der Waals surface area contributed by atoms with Gasteiger partial charge in [0.2, 0.25) is 0 Å². The first-order chi connectivity index (χ1) is 7.63. The van der Waals surface area contributed by atoms with Gasteiger partial charge in [0.25, 0.3) is 0 Å². The quantitative estimate of drug-likeness (QED) is 0.784. The first kappa shape index (κ1) is 13.5. The summed E-state index contributed by atoms with van der Waals surface area (Å²) in [6.07, 6.45) is 2.48. The van der Waals surface area contributed by atoms with Crippen molar-refractivity contribution >= 4 is 11.6 Å². The van der Waals surface area contributed by atoms with Gasteiger partial charge in [0.05, 0.1) is 0 Å². The Morgan fingerprint density at radius 2 is 1.81 bits per heavy atom. The smallest absolute Gasteiger partial charge is 0.0406 e. The fraction of sp³-hybridized carbons (Fsp3) is 0.571. The monoisotopic (exact) mass is 239 g/mol. The van der Waals surface area contributed by atoms with Gasteiger partial charge in [-0.2, -0.15) is 0 Å². The van der Waals surface area contributed by atoms with E-state index in [2.05, 4.69) is 38.2 Å². The minimum absolute atomic E-state index is 0.538. The van der Waals surface area contributed by atoms with E-state index >= 15 is 0 Å². The molecule has 0 bridgehead atoms. The molecule has 1 nitrogen and oxygen atoms in total. The van der Waals surface area contributed by atoms with Crippen LogP contribution in [0.4, 0.5) is 0 Å². The van der Waals surface area contributed by atoms with Crippen LogP contribution in [0.25, 0.3) is 0 Å². The maximum atomic E-state index is 5.87. The minimum atomic E-state index is 0.538. The van der Waals surface area contributed by atoms with Crippen LogP contribution in [0, 0.1) is 0 Å². The van der Waals surface area contributed by atoms with Crippen LogP contribution in [0.1, 0.15) is 45.1 Å². The highest BCUT2D eigenvalue weighted by atomic mass is 35.5. The van der Waals surface area contributed by atoms with Gasteiger partial charge in [-0.25, -0.2) is 0 Å². The molecule has 0 saturated carbocycles. The lowest BCUT2D eigenvalue weighted by Crippen LogP contribution is -2.29. The number of rotatable bonds is 6. The van der Waals surface area contributed by atoms with Crippen molar-refractivity contribution in [3.05, 3.63) is 34.9 Å². The summed E-state index contributed by atoms with van der Waals surface area (Å²) in [6, 6.07) is 8.75. The SMILES string of the molecule is CCCC(C)NCC(C)c1ccc(Cl)cc1. The van der Waals surface area contributed by atoms with E-state index < -0.39 is 0 Å². The van der Waals surface area contributed by atoms with E-state index in [0.29, 0.717) is 12.0 Å². The Bertz CT molecular complexity index is 294. The molecule has 0 spiro atoms. The maximum Gasteiger partial charge on any atom is 0.0406 e. The molecule has 0 radical (unpaired) electrons. The molecular formula is C14H22ClN. The Labute approximate surface area is 104 Å². The molecule has 16 heavy (non-hydrogen) atoms. The molecule has 2 atom stereocenters. The summed E-state index contributed by atoms with van der Waals surface area (Å²) in [5.41, 5.74) is 1.35. The van der Waals surface area contributed by atoms with E-state index in [4.69, 9.17) is 11.6 Å². The summed E-state index contributed by atoms with van der Waals surface area (Å²) in [5.74, 6) is 0.538. The molecule has 0 aliphatic rings. The lowest BCUT2D eigenvalue weighted by atomic mass is 10.0. The van der Waals surface area contributed by atoms with Gasteiger partial charge < -0.3 is 5.32 Å². The van der Waals surface area contributed by atoms with Gasteiger partial charge in [0.15, 0.2) is 0 Å². The highest BCUT2D eigenvalue weighted by Crippen LogP contribution is 2.17. The van der Waals surface area contributed by atoms with E-state index in [1.165, 1.54) is 18.4 Å². The van der Waals surface area contributed by atoms with Gasteiger partial charge in [-0.3, -0.25) is 0 Å². The number of hydrogen-bond acceptors (Lipinski definition) is 1. The molecule has 1 aromatic rings. The zero-order chi connectivity index (χ0) is 12.0. The van der Waals surface area contributed by atoms with Crippen molar-refractivity contribution in [1.29, 1.82) is 0 Å².